The Morgan fingerprint density at radius 2 is 1.13 bits per heavy atom. The summed E-state index contributed by atoms with van der Waals surface area (Å²) >= 11 is 0. The highest BCUT2D eigenvalue weighted by Gasteiger charge is 2.38. The van der Waals surface area contributed by atoms with Gasteiger partial charge < -0.3 is 5.23 Å². The first-order valence-electron chi connectivity index (χ1n) is 13.0. The second kappa shape index (κ2) is 9.47. The number of benzene rings is 5. The summed E-state index contributed by atoms with van der Waals surface area (Å²) in [7, 11) is 0. The summed E-state index contributed by atoms with van der Waals surface area (Å²) in [5.41, 5.74) is 13.2. The van der Waals surface area contributed by atoms with E-state index < -0.39 is 0 Å². The Morgan fingerprint density at radius 3 is 1.87 bits per heavy atom. The molecule has 2 aliphatic heterocycles. The molecular formula is C36H24BN. The van der Waals surface area contributed by atoms with E-state index >= 15 is 0 Å². The fourth-order valence-corrected chi connectivity index (χ4v) is 5.57. The van der Waals surface area contributed by atoms with Crippen molar-refractivity contribution in [3.05, 3.63) is 172 Å². The Labute approximate surface area is 224 Å². The second-order valence-corrected chi connectivity index (χ2v) is 9.66. The van der Waals surface area contributed by atoms with Crippen LogP contribution in [0.2, 0.25) is 0 Å². The topological polar surface area (TPSA) is 12.0 Å². The van der Waals surface area contributed by atoms with Crippen LogP contribution in [0.1, 0.15) is 33.4 Å². The van der Waals surface area contributed by atoms with Crippen LogP contribution in [0.15, 0.2) is 139 Å². The van der Waals surface area contributed by atoms with Crippen LogP contribution in [0.4, 0.5) is 5.69 Å². The lowest BCUT2D eigenvalue weighted by atomic mass is 9.42. The van der Waals surface area contributed by atoms with Gasteiger partial charge in [-0.3, -0.25) is 0 Å². The van der Waals surface area contributed by atoms with Crippen molar-refractivity contribution in [2.24, 2.45) is 0 Å². The Bertz CT molecular complexity index is 1770. The van der Waals surface area contributed by atoms with Gasteiger partial charge in [0.1, 0.15) is 0 Å². The Morgan fingerprint density at radius 1 is 0.526 bits per heavy atom. The van der Waals surface area contributed by atoms with E-state index in [1.54, 1.807) is 0 Å². The smallest absolute Gasteiger partial charge is 0.322 e. The predicted octanol–water partition coefficient (Wildman–Crippen LogP) is 7.31. The molecule has 0 atom stereocenters. The van der Waals surface area contributed by atoms with Gasteiger partial charge in [0.2, 0.25) is 0 Å². The van der Waals surface area contributed by atoms with Crippen molar-refractivity contribution in [2.75, 3.05) is 5.23 Å². The number of rotatable bonds is 2. The third-order valence-corrected chi connectivity index (χ3v) is 7.30. The van der Waals surface area contributed by atoms with Crippen LogP contribution >= 0.6 is 0 Å². The van der Waals surface area contributed by atoms with Crippen molar-refractivity contribution in [3.8, 4) is 11.8 Å². The lowest BCUT2D eigenvalue weighted by Crippen LogP contribution is -2.47. The minimum Gasteiger partial charge on any atom is -0.420 e. The van der Waals surface area contributed by atoms with E-state index in [0.717, 1.165) is 16.8 Å². The SMILES string of the molecule is C(#Cc1ccc2c(c1)B1Nc3ccccc3C=C1C(c1ccccc1)=C2c1ccccc1)c1ccccc1. The van der Waals surface area contributed by atoms with Crippen LogP contribution in [0, 0.1) is 11.8 Å². The van der Waals surface area contributed by atoms with Crippen molar-refractivity contribution in [2.45, 2.75) is 0 Å². The van der Waals surface area contributed by atoms with Crippen molar-refractivity contribution in [3.63, 3.8) is 0 Å². The summed E-state index contributed by atoms with van der Waals surface area (Å²) in [4.78, 5) is 0. The highest BCUT2D eigenvalue weighted by atomic mass is 14.8. The predicted molar refractivity (Wildman–Crippen MR) is 161 cm³/mol. The van der Waals surface area contributed by atoms with Crippen LogP contribution in [0.5, 0.6) is 0 Å². The molecule has 2 heterocycles. The van der Waals surface area contributed by atoms with E-state index in [-0.39, 0.29) is 6.85 Å². The average Bonchev–Trinajstić information content (AvgIpc) is 3.00. The van der Waals surface area contributed by atoms with E-state index in [1.165, 1.54) is 44.3 Å². The number of hydrogen-bond donors (Lipinski definition) is 1. The monoisotopic (exact) mass is 481 g/mol. The number of anilines is 1. The van der Waals surface area contributed by atoms with Crippen molar-refractivity contribution in [1.29, 1.82) is 0 Å². The van der Waals surface area contributed by atoms with Gasteiger partial charge >= 0.3 is 6.85 Å². The van der Waals surface area contributed by atoms with Crippen molar-refractivity contribution in [1.82, 2.24) is 0 Å². The van der Waals surface area contributed by atoms with Crippen LogP contribution in [0.25, 0.3) is 17.2 Å². The van der Waals surface area contributed by atoms with Gasteiger partial charge in [-0.25, -0.2) is 0 Å². The maximum absolute atomic E-state index is 3.88. The highest BCUT2D eigenvalue weighted by molar-refractivity contribution is 6.88. The molecule has 2 aliphatic rings. The first kappa shape index (κ1) is 22.2. The molecule has 0 saturated carbocycles. The molecule has 2 heteroatoms. The zero-order valence-electron chi connectivity index (χ0n) is 20.9. The molecule has 1 nitrogen and oxygen atoms in total. The van der Waals surface area contributed by atoms with Gasteiger partial charge in [0.15, 0.2) is 0 Å². The molecule has 7 rings (SSSR count). The van der Waals surface area contributed by atoms with E-state index in [9.17, 15) is 0 Å². The average molecular weight is 481 g/mol. The molecule has 0 saturated heterocycles. The maximum Gasteiger partial charge on any atom is 0.322 e. The molecule has 176 valence electrons. The zero-order chi connectivity index (χ0) is 25.3. The number of nitrogens with one attached hydrogen (secondary N) is 1. The summed E-state index contributed by atoms with van der Waals surface area (Å²) in [6, 6.07) is 47.0. The molecule has 0 radical (unpaired) electrons. The zero-order valence-corrected chi connectivity index (χ0v) is 20.9. The van der Waals surface area contributed by atoms with Crippen molar-refractivity contribution < 1.29 is 0 Å². The van der Waals surface area contributed by atoms with Crippen LogP contribution in [-0.4, -0.2) is 6.85 Å². The van der Waals surface area contributed by atoms with E-state index in [2.05, 4.69) is 126 Å². The lowest BCUT2D eigenvalue weighted by Gasteiger charge is -2.35. The van der Waals surface area contributed by atoms with Gasteiger partial charge in [0.05, 0.1) is 0 Å². The standard InChI is InChI=1S/C36H24BN/c1-4-12-26(13-5-1)20-21-27-22-23-31-32(24-27)37-33(25-30-18-10-11-19-34(30)38-37)36(29-16-8-3-9-17-29)35(31)28-14-6-2-7-15-28/h1-19,22-25,38H. The third-order valence-electron chi connectivity index (χ3n) is 7.30. The summed E-state index contributed by atoms with van der Waals surface area (Å²) in [6.07, 6.45) is 2.37. The normalized spacial score (nSPS) is 13.3. The van der Waals surface area contributed by atoms with Gasteiger partial charge in [0, 0.05) is 16.8 Å². The van der Waals surface area contributed by atoms with Gasteiger partial charge in [0.25, 0.3) is 0 Å². The van der Waals surface area contributed by atoms with E-state index in [1.807, 2.05) is 30.3 Å². The van der Waals surface area contributed by atoms with Crippen molar-refractivity contribution >= 4 is 35.2 Å². The van der Waals surface area contributed by atoms with E-state index in [4.69, 9.17) is 0 Å². The molecule has 0 spiro atoms. The fourth-order valence-electron chi connectivity index (χ4n) is 5.57. The highest BCUT2D eigenvalue weighted by Crippen LogP contribution is 2.43. The summed E-state index contributed by atoms with van der Waals surface area (Å²) in [5.74, 6) is 6.75. The number of hydrogen-bond acceptors (Lipinski definition) is 1. The lowest BCUT2D eigenvalue weighted by molar-refractivity contribution is 1.49. The third kappa shape index (κ3) is 3.96. The molecule has 1 N–H and O–H groups in total. The summed E-state index contributed by atoms with van der Waals surface area (Å²) in [5, 5.41) is 3.88. The molecule has 38 heavy (non-hydrogen) atoms. The Hall–Kier alpha value is -5.00. The molecule has 0 amide bonds. The Balaban J connectivity index is 1.50. The van der Waals surface area contributed by atoms with Gasteiger partial charge in [-0.1, -0.05) is 121 Å². The minimum atomic E-state index is 0.0287. The summed E-state index contributed by atoms with van der Waals surface area (Å²) in [6.45, 7) is 0.0287. The first-order chi connectivity index (χ1) is 18.8. The van der Waals surface area contributed by atoms with E-state index in [0.29, 0.717) is 0 Å². The van der Waals surface area contributed by atoms with Gasteiger partial charge in [-0.2, -0.15) is 0 Å². The van der Waals surface area contributed by atoms with Gasteiger partial charge in [-0.15, -0.1) is 0 Å². The molecule has 0 fully saturated rings. The molecule has 0 aromatic heterocycles. The minimum absolute atomic E-state index is 0.0287. The quantitative estimate of drug-likeness (QED) is 0.206. The number of para-hydroxylation sites is 1. The molecule has 0 aliphatic carbocycles. The fraction of sp³-hybridized carbons (Fsp3) is 0. The second-order valence-electron chi connectivity index (χ2n) is 9.66. The van der Waals surface area contributed by atoms with Crippen LogP contribution in [0.3, 0.4) is 0 Å². The Kier molecular flexibility index (Phi) is 5.54. The summed E-state index contributed by atoms with van der Waals surface area (Å²) < 4.78 is 0. The molecule has 0 unspecified atom stereocenters. The first-order valence-corrected chi connectivity index (χ1v) is 13.0. The number of allylic oxidation sites excluding steroid dienone is 2. The molecule has 5 aromatic rings. The molecular weight excluding hydrogens is 457 g/mol. The largest absolute Gasteiger partial charge is 0.420 e. The number of fused-ring (bicyclic) bond motifs is 4. The van der Waals surface area contributed by atoms with Crippen LogP contribution < -0.4 is 10.7 Å². The molecule has 5 aromatic carbocycles. The molecule has 0 bridgehead atoms. The van der Waals surface area contributed by atoms with Gasteiger partial charge in [-0.05, 0) is 74.7 Å². The van der Waals surface area contributed by atoms with Crippen LogP contribution in [-0.2, 0) is 0 Å². The maximum atomic E-state index is 3.88.